The van der Waals surface area contributed by atoms with Crippen molar-refractivity contribution in [2.75, 3.05) is 5.32 Å². The van der Waals surface area contributed by atoms with Crippen molar-refractivity contribution < 1.29 is 4.79 Å². The molecular formula is C15H13N3O2. The molecule has 1 aromatic heterocycles. The number of carbonyl (C=O) groups excluding carboxylic acids is 1. The van der Waals surface area contributed by atoms with Gasteiger partial charge in [0.2, 0.25) is 0 Å². The molecule has 0 unspecified atom stereocenters. The largest absolute Gasteiger partial charge is 0.323 e. The molecule has 0 radical (unpaired) electrons. The molecule has 2 aromatic carbocycles. The molecular weight excluding hydrogens is 254 g/mol. The quantitative estimate of drug-likeness (QED) is 0.666. The predicted octanol–water partition coefficient (Wildman–Crippen LogP) is 2.42. The fourth-order valence-corrected chi connectivity index (χ4v) is 2.14. The van der Waals surface area contributed by atoms with Crippen LogP contribution in [0.4, 0.5) is 5.69 Å². The second kappa shape index (κ2) is 4.70. The van der Waals surface area contributed by atoms with Crippen LogP contribution in [0.15, 0.2) is 47.3 Å². The van der Waals surface area contributed by atoms with Crippen molar-refractivity contribution >= 4 is 22.6 Å². The second-order valence-electron chi connectivity index (χ2n) is 4.61. The molecule has 1 heterocycles. The zero-order valence-corrected chi connectivity index (χ0v) is 10.9. The second-order valence-corrected chi connectivity index (χ2v) is 4.61. The topological polar surface area (TPSA) is 77.8 Å². The van der Waals surface area contributed by atoms with Gasteiger partial charge in [-0.25, -0.2) is 4.79 Å². The highest BCUT2D eigenvalue weighted by Gasteiger charge is 2.09. The molecule has 0 aliphatic rings. The third kappa shape index (κ3) is 2.21. The maximum Gasteiger partial charge on any atom is 0.323 e. The number of hydrogen-bond donors (Lipinski definition) is 3. The standard InChI is InChI=1S/C15H13N3O2/c1-9-4-2-3-5-11(9)14(19)16-10-6-7-12-13(8-10)18-15(20)17-12/h2-8H,1H3,(H,16,19)(H2,17,18,20). The summed E-state index contributed by atoms with van der Waals surface area (Å²) < 4.78 is 0. The van der Waals surface area contributed by atoms with E-state index in [1.807, 2.05) is 25.1 Å². The maximum absolute atomic E-state index is 12.2. The molecule has 3 rings (SSSR count). The summed E-state index contributed by atoms with van der Waals surface area (Å²) in [7, 11) is 0. The zero-order chi connectivity index (χ0) is 14.1. The van der Waals surface area contributed by atoms with Gasteiger partial charge < -0.3 is 15.3 Å². The normalized spacial score (nSPS) is 10.7. The first kappa shape index (κ1) is 12.2. The van der Waals surface area contributed by atoms with Crippen LogP contribution in [-0.4, -0.2) is 15.9 Å². The Bertz CT molecular complexity index is 845. The SMILES string of the molecule is Cc1ccccc1C(=O)Nc1ccc2[nH]c(=O)[nH]c2c1. The minimum Gasteiger partial charge on any atom is -0.322 e. The van der Waals surface area contributed by atoms with E-state index in [2.05, 4.69) is 15.3 Å². The summed E-state index contributed by atoms with van der Waals surface area (Å²) in [6.07, 6.45) is 0. The number of anilines is 1. The number of fused-ring (bicyclic) bond motifs is 1. The van der Waals surface area contributed by atoms with Gasteiger partial charge in [0.15, 0.2) is 0 Å². The van der Waals surface area contributed by atoms with Crippen LogP contribution in [0.5, 0.6) is 0 Å². The van der Waals surface area contributed by atoms with Gasteiger partial charge in [-0.2, -0.15) is 0 Å². The molecule has 5 nitrogen and oxygen atoms in total. The summed E-state index contributed by atoms with van der Waals surface area (Å²) >= 11 is 0. The van der Waals surface area contributed by atoms with Crippen molar-refractivity contribution in [1.82, 2.24) is 9.97 Å². The number of H-pyrrole nitrogens is 2. The van der Waals surface area contributed by atoms with Crippen molar-refractivity contribution in [2.45, 2.75) is 6.92 Å². The highest BCUT2D eigenvalue weighted by atomic mass is 16.2. The Morgan fingerprint density at radius 1 is 1.05 bits per heavy atom. The molecule has 3 N–H and O–H groups in total. The Balaban J connectivity index is 1.91. The van der Waals surface area contributed by atoms with Crippen LogP contribution in [0.2, 0.25) is 0 Å². The molecule has 3 aromatic rings. The number of aromatic amines is 2. The number of aryl methyl sites for hydroxylation is 1. The molecule has 0 atom stereocenters. The average Bonchev–Trinajstić information content (AvgIpc) is 2.78. The third-order valence-electron chi connectivity index (χ3n) is 3.16. The number of nitrogens with one attached hydrogen (secondary N) is 3. The molecule has 0 fully saturated rings. The first-order chi connectivity index (χ1) is 9.63. The van der Waals surface area contributed by atoms with Crippen LogP contribution in [0, 0.1) is 6.92 Å². The van der Waals surface area contributed by atoms with Gasteiger partial charge in [-0.15, -0.1) is 0 Å². The lowest BCUT2D eigenvalue weighted by Crippen LogP contribution is -2.13. The molecule has 0 aliphatic heterocycles. The first-order valence-corrected chi connectivity index (χ1v) is 6.22. The molecule has 20 heavy (non-hydrogen) atoms. The summed E-state index contributed by atoms with van der Waals surface area (Å²) in [4.78, 5) is 28.7. The average molecular weight is 267 g/mol. The fourth-order valence-electron chi connectivity index (χ4n) is 2.14. The van der Waals surface area contributed by atoms with E-state index < -0.39 is 0 Å². The van der Waals surface area contributed by atoms with E-state index in [1.54, 1.807) is 24.3 Å². The van der Waals surface area contributed by atoms with E-state index in [0.717, 1.165) is 5.56 Å². The van der Waals surface area contributed by atoms with Crippen molar-refractivity contribution in [3.63, 3.8) is 0 Å². The Hall–Kier alpha value is -2.82. The minimum absolute atomic E-state index is 0.166. The van der Waals surface area contributed by atoms with Crippen LogP contribution < -0.4 is 11.0 Å². The number of amides is 1. The predicted molar refractivity (Wildman–Crippen MR) is 78.1 cm³/mol. The third-order valence-corrected chi connectivity index (χ3v) is 3.16. The van der Waals surface area contributed by atoms with Gasteiger partial charge in [-0.3, -0.25) is 4.79 Å². The van der Waals surface area contributed by atoms with E-state index >= 15 is 0 Å². The zero-order valence-electron chi connectivity index (χ0n) is 10.9. The highest BCUT2D eigenvalue weighted by molar-refractivity contribution is 6.05. The lowest BCUT2D eigenvalue weighted by Gasteiger charge is -2.07. The van der Waals surface area contributed by atoms with Crippen molar-refractivity contribution in [1.29, 1.82) is 0 Å². The minimum atomic E-state index is -0.262. The van der Waals surface area contributed by atoms with Gasteiger partial charge >= 0.3 is 5.69 Å². The van der Waals surface area contributed by atoms with Crippen LogP contribution in [0.3, 0.4) is 0 Å². The molecule has 0 bridgehead atoms. The monoisotopic (exact) mass is 267 g/mol. The van der Waals surface area contributed by atoms with Gasteiger partial charge in [0.25, 0.3) is 5.91 Å². The number of carbonyl (C=O) groups is 1. The van der Waals surface area contributed by atoms with Gasteiger partial charge in [-0.05, 0) is 36.8 Å². The lowest BCUT2D eigenvalue weighted by atomic mass is 10.1. The molecule has 0 spiro atoms. The molecule has 0 aliphatic carbocycles. The van der Waals surface area contributed by atoms with Gasteiger partial charge in [0.05, 0.1) is 11.0 Å². The van der Waals surface area contributed by atoms with Crippen LogP contribution in [0.1, 0.15) is 15.9 Å². The molecule has 0 saturated heterocycles. The lowest BCUT2D eigenvalue weighted by molar-refractivity contribution is 0.102. The summed E-state index contributed by atoms with van der Waals surface area (Å²) in [5.74, 6) is -0.166. The van der Waals surface area contributed by atoms with E-state index in [4.69, 9.17) is 0 Å². The van der Waals surface area contributed by atoms with Crippen molar-refractivity contribution in [3.05, 3.63) is 64.1 Å². The summed E-state index contributed by atoms with van der Waals surface area (Å²) in [6.45, 7) is 1.89. The van der Waals surface area contributed by atoms with Crippen LogP contribution >= 0.6 is 0 Å². The van der Waals surface area contributed by atoms with Crippen LogP contribution in [-0.2, 0) is 0 Å². The Morgan fingerprint density at radius 3 is 2.60 bits per heavy atom. The Morgan fingerprint density at radius 2 is 1.80 bits per heavy atom. The van der Waals surface area contributed by atoms with E-state index in [0.29, 0.717) is 22.3 Å². The van der Waals surface area contributed by atoms with Gasteiger partial charge in [0, 0.05) is 11.3 Å². The fraction of sp³-hybridized carbons (Fsp3) is 0.0667. The molecule has 0 saturated carbocycles. The number of hydrogen-bond acceptors (Lipinski definition) is 2. The van der Waals surface area contributed by atoms with Crippen molar-refractivity contribution in [3.8, 4) is 0 Å². The molecule has 1 amide bonds. The number of rotatable bonds is 2. The molecule has 100 valence electrons. The van der Waals surface area contributed by atoms with Crippen LogP contribution in [0.25, 0.3) is 11.0 Å². The number of aromatic nitrogens is 2. The van der Waals surface area contributed by atoms with E-state index in [9.17, 15) is 9.59 Å². The summed E-state index contributed by atoms with van der Waals surface area (Å²) in [5, 5.41) is 2.83. The smallest absolute Gasteiger partial charge is 0.322 e. The summed E-state index contributed by atoms with van der Waals surface area (Å²) in [6, 6.07) is 12.6. The number of benzene rings is 2. The van der Waals surface area contributed by atoms with E-state index in [-0.39, 0.29) is 11.6 Å². The van der Waals surface area contributed by atoms with Gasteiger partial charge in [0.1, 0.15) is 0 Å². The Labute approximate surface area is 114 Å². The van der Waals surface area contributed by atoms with Gasteiger partial charge in [-0.1, -0.05) is 18.2 Å². The summed E-state index contributed by atoms with van der Waals surface area (Å²) in [5.41, 5.74) is 3.31. The molecule has 5 heteroatoms. The maximum atomic E-state index is 12.2. The van der Waals surface area contributed by atoms with Crippen molar-refractivity contribution in [2.24, 2.45) is 0 Å². The van der Waals surface area contributed by atoms with E-state index in [1.165, 1.54) is 0 Å². The first-order valence-electron chi connectivity index (χ1n) is 6.22. The highest BCUT2D eigenvalue weighted by Crippen LogP contribution is 2.16. The number of imidazole rings is 1. The Kier molecular flexibility index (Phi) is 2.87.